The van der Waals surface area contributed by atoms with E-state index in [0.29, 0.717) is 67.7 Å². The van der Waals surface area contributed by atoms with Crippen LogP contribution in [0.5, 0.6) is 5.75 Å². The number of nitrogens with one attached hydrogen (secondary N) is 1. The molecule has 1 aromatic carbocycles. The van der Waals surface area contributed by atoms with E-state index < -0.39 is 5.91 Å². The van der Waals surface area contributed by atoms with Crippen LogP contribution in [0.1, 0.15) is 39.9 Å². The first-order valence-corrected chi connectivity index (χ1v) is 11.1. The average Bonchev–Trinajstić information content (AvgIpc) is 3.36. The van der Waals surface area contributed by atoms with Gasteiger partial charge < -0.3 is 25.5 Å². The van der Waals surface area contributed by atoms with Crippen molar-refractivity contribution in [3.8, 4) is 5.75 Å². The van der Waals surface area contributed by atoms with Gasteiger partial charge in [-0.15, -0.1) is 0 Å². The van der Waals surface area contributed by atoms with Gasteiger partial charge in [0.2, 0.25) is 11.9 Å². The zero-order chi connectivity index (χ0) is 24.7. The molecule has 0 bridgehead atoms. The highest BCUT2D eigenvalue weighted by molar-refractivity contribution is 6.04. The monoisotopic (exact) mass is 469 g/mol. The summed E-state index contributed by atoms with van der Waals surface area (Å²) in [4.78, 5) is 29.6. The Morgan fingerprint density at radius 1 is 1.21 bits per heavy atom. The lowest BCUT2D eigenvalue weighted by atomic mass is 10.1. The first-order valence-electron chi connectivity index (χ1n) is 11.1. The van der Waals surface area contributed by atoms with E-state index in [9.17, 15) is 9.59 Å². The Morgan fingerprint density at radius 2 is 2.00 bits per heavy atom. The molecule has 0 aliphatic rings. The molecule has 34 heavy (non-hydrogen) atoms. The number of nitrogens with zero attached hydrogens (tertiary/aromatic N) is 4. The molecule has 11 nitrogen and oxygen atoms in total. The molecule has 0 fully saturated rings. The van der Waals surface area contributed by atoms with Gasteiger partial charge >= 0.3 is 0 Å². The maximum absolute atomic E-state index is 13.1. The Labute approximate surface area is 197 Å². The molecule has 2 heterocycles. The van der Waals surface area contributed by atoms with Crippen molar-refractivity contribution in [2.75, 3.05) is 32.2 Å². The van der Waals surface area contributed by atoms with Gasteiger partial charge in [0.15, 0.2) is 0 Å². The number of hydrogen-bond donors (Lipinski definition) is 3. The number of hydrogen-bond acceptors (Lipinski definition) is 7. The lowest BCUT2D eigenvalue weighted by molar-refractivity contribution is 0.0995. The summed E-state index contributed by atoms with van der Waals surface area (Å²) in [5.74, 6) is -0.217. The van der Waals surface area contributed by atoms with Gasteiger partial charge in [0.1, 0.15) is 17.0 Å². The number of carbonyl (C=O) groups excluding carboxylic acids is 2. The van der Waals surface area contributed by atoms with E-state index in [2.05, 4.69) is 15.4 Å². The Balaban J connectivity index is 2.08. The number of rotatable bonds is 12. The van der Waals surface area contributed by atoms with Crippen LogP contribution in [0.25, 0.3) is 11.0 Å². The number of primary amides is 1. The molecule has 0 saturated carbocycles. The van der Waals surface area contributed by atoms with Crippen LogP contribution in [-0.4, -0.2) is 58.0 Å². The minimum absolute atomic E-state index is 0.258. The number of carbonyl (C=O) groups is 2. The maximum atomic E-state index is 13.1. The van der Waals surface area contributed by atoms with Gasteiger partial charge in [-0.05, 0) is 32.0 Å². The summed E-state index contributed by atoms with van der Waals surface area (Å²) in [6.07, 6.45) is 4.34. The summed E-state index contributed by atoms with van der Waals surface area (Å²) in [5.41, 5.74) is 13.6. The molecule has 0 aliphatic carbocycles. The molecule has 2 amide bonds. The molecule has 3 rings (SSSR count). The summed E-state index contributed by atoms with van der Waals surface area (Å²) in [5, 5.41) is 7.21. The number of amides is 2. The van der Waals surface area contributed by atoms with Crippen molar-refractivity contribution in [1.82, 2.24) is 19.3 Å². The molecule has 5 N–H and O–H groups in total. The fourth-order valence-electron chi connectivity index (χ4n) is 3.55. The van der Waals surface area contributed by atoms with Crippen molar-refractivity contribution in [3.63, 3.8) is 0 Å². The quantitative estimate of drug-likeness (QED) is 0.270. The van der Waals surface area contributed by atoms with Gasteiger partial charge in [0, 0.05) is 45.3 Å². The highest BCUT2D eigenvalue weighted by atomic mass is 16.5. The second-order valence-electron chi connectivity index (χ2n) is 7.60. The zero-order valence-corrected chi connectivity index (χ0v) is 19.7. The lowest BCUT2D eigenvalue weighted by Gasteiger charge is -2.13. The maximum Gasteiger partial charge on any atom is 0.276 e. The Kier molecular flexibility index (Phi) is 8.39. The van der Waals surface area contributed by atoms with Crippen molar-refractivity contribution in [1.29, 1.82) is 0 Å². The Bertz CT molecular complexity index is 1200. The largest absolute Gasteiger partial charge is 0.491 e. The number of methoxy groups -OCH3 is 1. The van der Waals surface area contributed by atoms with Gasteiger partial charge in [-0.2, -0.15) is 5.10 Å². The molecule has 0 saturated heterocycles. The van der Waals surface area contributed by atoms with E-state index >= 15 is 0 Å². The van der Waals surface area contributed by atoms with E-state index in [4.69, 9.17) is 20.9 Å². The van der Waals surface area contributed by atoms with Crippen LogP contribution in [-0.2, 0) is 17.8 Å². The standard InChI is InChI=1S/C23H31N7O4/c1-4-30-18(12-15(2)28-30)22(32)27-23-26-17-13-16(21(25)31)14-19(34-11-7-10-33-3)20(17)29(23)9-6-5-8-24/h5-6,12-14H,4,7-11,24H2,1-3H3,(H2,25,31)(H,26,27,32). The number of aromatic nitrogens is 4. The molecule has 2 aromatic heterocycles. The highest BCUT2D eigenvalue weighted by Gasteiger charge is 2.21. The summed E-state index contributed by atoms with van der Waals surface area (Å²) in [6, 6.07) is 4.89. The third kappa shape index (κ3) is 5.61. The number of nitrogens with two attached hydrogens (primary N) is 2. The van der Waals surface area contributed by atoms with Gasteiger partial charge in [-0.25, -0.2) is 4.98 Å². The summed E-state index contributed by atoms with van der Waals surface area (Å²) < 4.78 is 14.5. The average molecular weight is 470 g/mol. The molecule has 0 aliphatic heterocycles. The van der Waals surface area contributed by atoms with Crippen LogP contribution in [0.15, 0.2) is 30.4 Å². The Morgan fingerprint density at radius 3 is 2.68 bits per heavy atom. The van der Waals surface area contributed by atoms with E-state index in [0.717, 1.165) is 5.69 Å². The third-order valence-electron chi connectivity index (χ3n) is 5.09. The number of aryl methyl sites for hydroxylation is 2. The predicted octanol–water partition coefficient (Wildman–Crippen LogP) is 1.84. The Hall–Kier alpha value is -3.70. The van der Waals surface area contributed by atoms with Crippen molar-refractivity contribution < 1.29 is 19.1 Å². The summed E-state index contributed by atoms with van der Waals surface area (Å²) >= 11 is 0. The first kappa shape index (κ1) is 24.9. The molecular formula is C23H31N7O4. The number of imidazole rings is 1. The van der Waals surface area contributed by atoms with Crippen molar-refractivity contribution in [2.45, 2.75) is 33.4 Å². The van der Waals surface area contributed by atoms with Crippen molar-refractivity contribution in [3.05, 3.63) is 47.3 Å². The molecule has 11 heteroatoms. The topological polar surface area (TPSA) is 152 Å². The van der Waals surface area contributed by atoms with Gasteiger partial charge in [-0.1, -0.05) is 12.2 Å². The fourth-order valence-corrected chi connectivity index (χ4v) is 3.55. The smallest absolute Gasteiger partial charge is 0.276 e. The highest BCUT2D eigenvalue weighted by Crippen LogP contribution is 2.31. The number of benzene rings is 1. The molecule has 0 radical (unpaired) electrons. The van der Waals surface area contributed by atoms with Gasteiger partial charge in [-0.3, -0.25) is 19.6 Å². The van der Waals surface area contributed by atoms with E-state index in [1.807, 2.05) is 26.0 Å². The van der Waals surface area contributed by atoms with Crippen LogP contribution in [0.2, 0.25) is 0 Å². The molecule has 0 spiro atoms. The lowest BCUT2D eigenvalue weighted by Crippen LogP contribution is -2.20. The van der Waals surface area contributed by atoms with Gasteiger partial charge in [0.05, 0.1) is 17.8 Å². The predicted molar refractivity (Wildman–Crippen MR) is 129 cm³/mol. The minimum Gasteiger partial charge on any atom is -0.491 e. The van der Waals surface area contributed by atoms with E-state index in [1.165, 1.54) is 0 Å². The fraction of sp³-hybridized carbons (Fsp3) is 0.391. The minimum atomic E-state index is -0.603. The SMILES string of the molecule is CCn1nc(C)cc1C(=O)Nc1nc2cc(C(N)=O)cc(OCCCOC)c2n1CC=CCN. The zero-order valence-electron chi connectivity index (χ0n) is 19.7. The van der Waals surface area contributed by atoms with Crippen molar-refractivity contribution in [2.24, 2.45) is 11.5 Å². The molecular weight excluding hydrogens is 438 g/mol. The van der Waals surface area contributed by atoms with Crippen molar-refractivity contribution >= 4 is 28.8 Å². The third-order valence-corrected chi connectivity index (χ3v) is 5.09. The number of ether oxygens (including phenoxy) is 2. The normalized spacial score (nSPS) is 11.4. The molecule has 182 valence electrons. The number of allylic oxidation sites excluding steroid dienone is 1. The van der Waals surface area contributed by atoms with Crippen LogP contribution >= 0.6 is 0 Å². The second kappa shape index (κ2) is 11.4. The van der Waals surface area contributed by atoms with Crippen LogP contribution in [0, 0.1) is 6.92 Å². The van der Waals surface area contributed by atoms with Gasteiger partial charge in [0.25, 0.3) is 5.91 Å². The van der Waals surface area contributed by atoms with Crippen LogP contribution in [0.4, 0.5) is 5.95 Å². The molecule has 3 aromatic rings. The summed E-state index contributed by atoms with van der Waals surface area (Å²) in [6.45, 7) is 5.93. The second-order valence-corrected chi connectivity index (χ2v) is 7.60. The molecule has 0 unspecified atom stereocenters. The molecule has 0 atom stereocenters. The van der Waals surface area contributed by atoms with Crippen LogP contribution in [0.3, 0.4) is 0 Å². The summed E-state index contributed by atoms with van der Waals surface area (Å²) in [7, 11) is 1.62. The van der Waals surface area contributed by atoms with Crippen LogP contribution < -0.4 is 21.5 Å². The number of fused-ring (bicyclic) bond motifs is 1. The first-order chi connectivity index (χ1) is 16.4. The van der Waals surface area contributed by atoms with E-state index in [1.54, 1.807) is 34.6 Å². The van der Waals surface area contributed by atoms with E-state index in [-0.39, 0.29) is 11.5 Å². The number of anilines is 1.